The molecule has 5 heteroatoms. The summed E-state index contributed by atoms with van der Waals surface area (Å²) in [5.74, 6) is 0.146. The molecule has 0 radical (unpaired) electrons. The number of sulfone groups is 1. The van der Waals surface area contributed by atoms with Gasteiger partial charge in [0, 0.05) is 23.0 Å². The molecule has 0 aromatic heterocycles. The Morgan fingerprint density at radius 3 is 2.67 bits per heavy atom. The smallest absolute Gasteiger partial charge is 0.149 e. The van der Waals surface area contributed by atoms with Gasteiger partial charge in [0.25, 0.3) is 0 Å². The fourth-order valence-corrected chi connectivity index (χ4v) is 2.03. The zero-order valence-corrected chi connectivity index (χ0v) is 11.2. The zero-order chi connectivity index (χ0) is 11.5. The van der Waals surface area contributed by atoms with Crippen molar-refractivity contribution in [2.45, 2.75) is 6.92 Å². The largest absolute Gasteiger partial charge is 0.383 e. The molecule has 0 saturated carbocycles. The van der Waals surface area contributed by atoms with Crippen molar-refractivity contribution in [2.24, 2.45) is 0 Å². The van der Waals surface area contributed by atoms with E-state index >= 15 is 0 Å². The van der Waals surface area contributed by atoms with E-state index in [1.807, 2.05) is 25.1 Å². The van der Waals surface area contributed by atoms with E-state index in [4.69, 9.17) is 0 Å². The highest BCUT2D eigenvalue weighted by Crippen LogP contribution is 2.25. The number of anilines is 1. The monoisotopic (exact) mass is 291 g/mol. The SMILES string of the molecule is Cc1cccc(NCCS(C)(=O)=O)c1Br. The van der Waals surface area contributed by atoms with E-state index in [-0.39, 0.29) is 5.75 Å². The van der Waals surface area contributed by atoms with Gasteiger partial charge >= 0.3 is 0 Å². The summed E-state index contributed by atoms with van der Waals surface area (Å²) in [5.41, 5.74) is 2.05. The molecule has 1 N–H and O–H groups in total. The van der Waals surface area contributed by atoms with Crippen molar-refractivity contribution < 1.29 is 8.42 Å². The molecule has 0 atom stereocenters. The molecule has 0 heterocycles. The van der Waals surface area contributed by atoms with Gasteiger partial charge in [-0.05, 0) is 34.5 Å². The van der Waals surface area contributed by atoms with E-state index in [2.05, 4.69) is 21.2 Å². The van der Waals surface area contributed by atoms with E-state index in [0.29, 0.717) is 6.54 Å². The lowest BCUT2D eigenvalue weighted by Gasteiger charge is -2.09. The fraction of sp³-hybridized carbons (Fsp3) is 0.400. The second-order valence-electron chi connectivity index (χ2n) is 3.49. The van der Waals surface area contributed by atoms with Crippen LogP contribution in [0.5, 0.6) is 0 Å². The molecular weight excluding hydrogens is 278 g/mol. The Hall–Kier alpha value is -0.550. The molecule has 1 rings (SSSR count). The molecule has 0 aliphatic rings. The second-order valence-corrected chi connectivity index (χ2v) is 6.55. The summed E-state index contributed by atoms with van der Waals surface area (Å²) in [7, 11) is -2.90. The normalized spacial score (nSPS) is 11.4. The lowest BCUT2D eigenvalue weighted by atomic mass is 10.2. The van der Waals surface area contributed by atoms with Crippen molar-refractivity contribution in [2.75, 3.05) is 23.9 Å². The molecule has 1 aromatic carbocycles. The predicted molar refractivity (Wildman–Crippen MR) is 67.1 cm³/mol. The first-order chi connectivity index (χ1) is 6.90. The molecule has 3 nitrogen and oxygen atoms in total. The summed E-state index contributed by atoms with van der Waals surface area (Å²) in [4.78, 5) is 0. The van der Waals surface area contributed by atoms with Crippen LogP contribution in [0.3, 0.4) is 0 Å². The van der Waals surface area contributed by atoms with Gasteiger partial charge < -0.3 is 5.32 Å². The Balaban J connectivity index is 2.62. The second kappa shape index (κ2) is 4.99. The Morgan fingerprint density at radius 2 is 2.07 bits per heavy atom. The van der Waals surface area contributed by atoms with Crippen molar-refractivity contribution in [3.05, 3.63) is 28.2 Å². The highest BCUT2D eigenvalue weighted by Gasteiger charge is 2.04. The van der Waals surface area contributed by atoms with Crippen molar-refractivity contribution in [3.8, 4) is 0 Å². The third-order valence-electron chi connectivity index (χ3n) is 1.98. The Labute approximate surface area is 98.9 Å². The highest BCUT2D eigenvalue weighted by atomic mass is 79.9. The molecule has 0 aliphatic carbocycles. The number of rotatable bonds is 4. The average Bonchev–Trinajstić information content (AvgIpc) is 2.10. The lowest BCUT2D eigenvalue weighted by molar-refractivity contribution is 0.602. The van der Waals surface area contributed by atoms with E-state index in [9.17, 15) is 8.42 Å². The van der Waals surface area contributed by atoms with Gasteiger partial charge in [0.1, 0.15) is 9.84 Å². The number of nitrogens with one attached hydrogen (secondary N) is 1. The Kier molecular flexibility index (Phi) is 4.16. The summed E-state index contributed by atoms with van der Waals surface area (Å²) < 4.78 is 22.8. The molecule has 15 heavy (non-hydrogen) atoms. The fourth-order valence-electron chi connectivity index (χ4n) is 1.16. The van der Waals surface area contributed by atoms with Gasteiger partial charge in [-0.25, -0.2) is 8.42 Å². The van der Waals surface area contributed by atoms with Crippen LogP contribution in [0, 0.1) is 6.92 Å². The standard InChI is InChI=1S/C10H14BrNO2S/c1-8-4-3-5-9(10(8)11)12-6-7-15(2,13)14/h3-5,12H,6-7H2,1-2H3. The van der Waals surface area contributed by atoms with Crippen molar-refractivity contribution in [3.63, 3.8) is 0 Å². The predicted octanol–water partition coefficient (Wildman–Crippen LogP) is 2.21. The third-order valence-corrected chi connectivity index (χ3v) is 3.98. The molecule has 0 bridgehead atoms. The number of hydrogen-bond acceptors (Lipinski definition) is 3. The summed E-state index contributed by atoms with van der Waals surface area (Å²) in [6, 6.07) is 5.84. The van der Waals surface area contributed by atoms with Crippen LogP contribution in [0.2, 0.25) is 0 Å². The molecule has 1 aromatic rings. The van der Waals surface area contributed by atoms with E-state index in [1.54, 1.807) is 0 Å². The summed E-state index contributed by atoms with van der Waals surface area (Å²) in [6.45, 7) is 2.42. The van der Waals surface area contributed by atoms with Gasteiger partial charge in [0.2, 0.25) is 0 Å². The maximum atomic E-state index is 10.9. The van der Waals surface area contributed by atoms with Crippen molar-refractivity contribution >= 4 is 31.5 Å². The highest BCUT2D eigenvalue weighted by molar-refractivity contribution is 9.10. The van der Waals surface area contributed by atoms with Gasteiger partial charge in [-0.2, -0.15) is 0 Å². The first kappa shape index (κ1) is 12.5. The van der Waals surface area contributed by atoms with Gasteiger partial charge in [0.05, 0.1) is 5.75 Å². The maximum Gasteiger partial charge on any atom is 0.149 e. The number of hydrogen-bond donors (Lipinski definition) is 1. The van der Waals surface area contributed by atoms with Gasteiger partial charge in [-0.1, -0.05) is 12.1 Å². The molecule has 84 valence electrons. The molecule has 0 aliphatic heterocycles. The quantitative estimate of drug-likeness (QED) is 0.925. The average molecular weight is 292 g/mol. The van der Waals surface area contributed by atoms with Gasteiger partial charge in [-0.15, -0.1) is 0 Å². The first-order valence-electron chi connectivity index (χ1n) is 4.57. The van der Waals surface area contributed by atoms with E-state index in [1.165, 1.54) is 6.26 Å². The third kappa shape index (κ3) is 4.22. The van der Waals surface area contributed by atoms with Crippen LogP contribution in [-0.2, 0) is 9.84 Å². The van der Waals surface area contributed by atoms with Crippen molar-refractivity contribution in [1.82, 2.24) is 0 Å². The topological polar surface area (TPSA) is 46.2 Å². The zero-order valence-electron chi connectivity index (χ0n) is 8.75. The van der Waals surface area contributed by atoms with Crippen LogP contribution in [0.15, 0.2) is 22.7 Å². The molecular formula is C10H14BrNO2S. The molecule has 0 fully saturated rings. The number of benzene rings is 1. The van der Waals surface area contributed by atoms with Crippen LogP contribution < -0.4 is 5.32 Å². The molecule has 0 spiro atoms. The minimum Gasteiger partial charge on any atom is -0.383 e. The van der Waals surface area contributed by atoms with Crippen LogP contribution >= 0.6 is 15.9 Å². The number of aryl methyl sites for hydroxylation is 1. The van der Waals surface area contributed by atoms with E-state index in [0.717, 1.165) is 15.7 Å². The van der Waals surface area contributed by atoms with Gasteiger partial charge in [-0.3, -0.25) is 0 Å². The minimum absolute atomic E-state index is 0.146. The first-order valence-corrected chi connectivity index (χ1v) is 7.42. The lowest BCUT2D eigenvalue weighted by Crippen LogP contribution is -2.14. The van der Waals surface area contributed by atoms with Gasteiger partial charge in [0.15, 0.2) is 0 Å². The summed E-state index contributed by atoms with van der Waals surface area (Å²) in [6.07, 6.45) is 1.24. The molecule has 0 unspecified atom stereocenters. The molecule has 0 amide bonds. The molecule has 0 saturated heterocycles. The summed E-state index contributed by atoms with van der Waals surface area (Å²) >= 11 is 3.45. The van der Waals surface area contributed by atoms with Crippen LogP contribution in [-0.4, -0.2) is 27.0 Å². The van der Waals surface area contributed by atoms with Crippen molar-refractivity contribution in [1.29, 1.82) is 0 Å². The van der Waals surface area contributed by atoms with E-state index < -0.39 is 9.84 Å². The van der Waals surface area contributed by atoms with Crippen LogP contribution in [0.1, 0.15) is 5.56 Å². The number of halogens is 1. The maximum absolute atomic E-state index is 10.9. The van der Waals surface area contributed by atoms with Crippen LogP contribution in [0.25, 0.3) is 0 Å². The Morgan fingerprint density at radius 1 is 1.40 bits per heavy atom. The minimum atomic E-state index is -2.90. The summed E-state index contributed by atoms with van der Waals surface area (Å²) in [5, 5.41) is 3.08. The Bertz CT molecular complexity index is 443. The van der Waals surface area contributed by atoms with Crippen LogP contribution in [0.4, 0.5) is 5.69 Å².